The second-order valence-electron chi connectivity index (χ2n) is 15.5. The SMILES string of the molecule is CC=C1C(OC2OC(CO)C(O)C(O)C2O)OC=C(C(=O)OC)C1CC(=O)OCCCc1cc(OC)c2c(c1)C(CO)C(c1ccc(OC3OC(CO)C(O)C(O)C3O)c(OC)c1)O2. The third-order valence-corrected chi connectivity index (χ3v) is 11.7. The zero-order valence-corrected chi connectivity index (χ0v) is 35.5. The molecule has 14 atom stereocenters. The smallest absolute Gasteiger partial charge is 0.337 e. The molecule has 21 heteroatoms. The molecule has 14 unspecified atom stereocenters. The molecule has 9 N–H and O–H groups in total. The second-order valence-corrected chi connectivity index (χ2v) is 15.5. The van der Waals surface area contributed by atoms with Gasteiger partial charge in [-0.05, 0) is 49.1 Å². The lowest BCUT2D eigenvalue weighted by Gasteiger charge is -2.41. The van der Waals surface area contributed by atoms with Gasteiger partial charge in [-0.2, -0.15) is 0 Å². The highest BCUT2D eigenvalue weighted by atomic mass is 16.8. The van der Waals surface area contributed by atoms with Gasteiger partial charge in [0, 0.05) is 17.1 Å². The van der Waals surface area contributed by atoms with E-state index in [9.17, 15) is 55.5 Å². The van der Waals surface area contributed by atoms with Gasteiger partial charge in [0.05, 0.1) is 71.9 Å². The summed E-state index contributed by atoms with van der Waals surface area (Å²) >= 11 is 0. The number of aliphatic hydroxyl groups excluding tert-OH is 9. The maximum atomic E-state index is 13.3. The molecule has 6 rings (SSSR count). The lowest BCUT2D eigenvalue weighted by atomic mass is 9.86. The van der Waals surface area contributed by atoms with E-state index >= 15 is 0 Å². The van der Waals surface area contributed by atoms with Crippen molar-refractivity contribution in [1.29, 1.82) is 0 Å². The van der Waals surface area contributed by atoms with E-state index in [1.165, 1.54) is 20.3 Å². The van der Waals surface area contributed by atoms with Gasteiger partial charge >= 0.3 is 11.9 Å². The van der Waals surface area contributed by atoms with Gasteiger partial charge in [-0.25, -0.2) is 4.79 Å². The topological polar surface area (TPSA) is 309 Å². The lowest BCUT2D eigenvalue weighted by Crippen LogP contribution is -2.60. The number of hydrogen-bond donors (Lipinski definition) is 9. The molecule has 354 valence electrons. The first-order valence-electron chi connectivity index (χ1n) is 20.6. The quantitative estimate of drug-likeness (QED) is 0.0509. The van der Waals surface area contributed by atoms with Crippen molar-refractivity contribution in [3.8, 4) is 23.0 Å². The van der Waals surface area contributed by atoms with Crippen LogP contribution in [0.25, 0.3) is 0 Å². The van der Waals surface area contributed by atoms with Crippen molar-refractivity contribution >= 4 is 11.9 Å². The Hall–Kier alpha value is -4.62. The van der Waals surface area contributed by atoms with Crippen molar-refractivity contribution in [3.63, 3.8) is 0 Å². The van der Waals surface area contributed by atoms with Crippen LogP contribution in [0.5, 0.6) is 23.0 Å². The first-order chi connectivity index (χ1) is 30.7. The molecule has 2 saturated heterocycles. The zero-order valence-electron chi connectivity index (χ0n) is 35.5. The van der Waals surface area contributed by atoms with Crippen LogP contribution in [0.2, 0.25) is 0 Å². The van der Waals surface area contributed by atoms with Crippen LogP contribution in [0.15, 0.2) is 53.8 Å². The number of allylic oxidation sites excluding steroid dienone is 1. The Balaban J connectivity index is 1.09. The molecule has 0 aromatic heterocycles. The normalized spacial score (nSPS) is 33.0. The van der Waals surface area contributed by atoms with Crippen LogP contribution >= 0.6 is 0 Å². The van der Waals surface area contributed by atoms with E-state index in [-0.39, 0.29) is 42.3 Å². The second kappa shape index (κ2) is 21.6. The minimum absolute atomic E-state index is 0.0128. The average Bonchev–Trinajstić information content (AvgIpc) is 3.68. The van der Waals surface area contributed by atoms with Crippen LogP contribution in [-0.2, 0) is 44.4 Å². The van der Waals surface area contributed by atoms with Crippen molar-refractivity contribution in [1.82, 2.24) is 0 Å². The van der Waals surface area contributed by atoms with Crippen LogP contribution in [0.3, 0.4) is 0 Å². The molecule has 0 aliphatic carbocycles. The summed E-state index contributed by atoms with van der Waals surface area (Å²) in [6, 6.07) is 8.47. The van der Waals surface area contributed by atoms with Gasteiger partial charge in [-0.15, -0.1) is 0 Å². The van der Waals surface area contributed by atoms with Gasteiger partial charge in [-0.1, -0.05) is 18.2 Å². The van der Waals surface area contributed by atoms with Gasteiger partial charge in [0.1, 0.15) is 54.9 Å². The molecule has 64 heavy (non-hydrogen) atoms. The number of carbonyl (C=O) groups excluding carboxylic acids is 2. The predicted molar refractivity (Wildman–Crippen MR) is 215 cm³/mol. The molecule has 4 aliphatic heterocycles. The number of carbonyl (C=O) groups is 2. The van der Waals surface area contributed by atoms with Crippen LogP contribution in [-0.4, -0.2) is 173 Å². The molecule has 0 radical (unpaired) electrons. The van der Waals surface area contributed by atoms with Crippen molar-refractivity contribution in [3.05, 3.63) is 70.5 Å². The predicted octanol–water partition coefficient (Wildman–Crippen LogP) is -1.25. The van der Waals surface area contributed by atoms with Crippen LogP contribution in [0.4, 0.5) is 0 Å². The molecule has 0 saturated carbocycles. The van der Waals surface area contributed by atoms with Gasteiger partial charge in [0.25, 0.3) is 0 Å². The summed E-state index contributed by atoms with van der Waals surface area (Å²) in [6.45, 7) is -0.0383. The third kappa shape index (κ3) is 10.1. The first-order valence-corrected chi connectivity index (χ1v) is 20.6. The summed E-state index contributed by atoms with van der Waals surface area (Å²) < 4.78 is 56.3. The van der Waals surface area contributed by atoms with Gasteiger partial charge in [0.2, 0.25) is 12.6 Å². The van der Waals surface area contributed by atoms with Crippen LogP contribution in [0, 0.1) is 5.92 Å². The van der Waals surface area contributed by atoms with E-state index in [0.717, 1.165) is 18.9 Å². The highest BCUT2D eigenvalue weighted by Gasteiger charge is 2.48. The summed E-state index contributed by atoms with van der Waals surface area (Å²) in [6.07, 6.45) is -14.3. The fourth-order valence-corrected chi connectivity index (χ4v) is 8.11. The number of ether oxygens (including phenoxy) is 10. The fourth-order valence-electron chi connectivity index (χ4n) is 8.11. The maximum absolute atomic E-state index is 13.3. The maximum Gasteiger partial charge on any atom is 0.337 e. The Labute approximate surface area is 367 Å². The summed E-state index contributed by atoms with van der Waals surface area (Å²) in [5.74, 6) is -1.83. The molecular formula is C43H56O21. The van der Waals surface area contributed by atoms with Crippen LogP contribution in [0.1, 0.15) is 48.5 Å². The van der Waals surface area contributed by atoms with E-state index in [1.807, 2.05) is 6.07 Å². The minimum atomic E-state index is -1.73. The Bertz CT molecular complexity index is 1980. The molecule has 4 aliphatic rings. The highest BCUT2D eigenvalue weighted by molar-refractivity contribution is 5.90. The number of rotatable bonds is 17. The van der Waals surface area contributed by atoms with Crippen molar-refractivity contribution < 1.29 is 103 Å². The first kappa shape index (κ1) is 48.8. The molecule has 0 amide bonds. The summed E-state index contributed by atoms with van der Waals surface area (Å²) in [7, 11) is 4.03. The van der Waals surface area contributed by atoms with E-state index < -0.39 is 111 Å². The monoisotopic (exact) mass is 908 g/mol. The van der Waals surface area contributed by atoms with E-state index in [1.54, 1.807) is 31.2 Å². The number of fused-ring (bicyclic) bond motifs is 1. The number of aliphatic hydroxyl groups is 9. The molecular weight excluding hydrogens is 852 g/mol. The van der Waals surface area contributed by atoms with E-state index in [2.05, 4.69) is 0 Å². The molecule has 2 fully saturated rings. The molecule has 21 nitrogen and oxygen atoms in total. The summed E-state index contributed by atoms with van der Waals surface area (Å²) in [4.78, 5) is 26.1. The Morgan fingerprint density at radius 2 is 1.42 bits per heavy atom. The Kier molecular flexibility index (Phi) is 16.5. The number of aryl methyl sites for hydroxylation is 1. The average molecular weight is 909 g/mol. The summed E-state index contributed by atoms with van der Waals surface area (Å²) in [5, 5.41) is 91.5. The fraction of sp³-hybridized carbons (Fsp3) is 0.581. The number of methoxy groups -OCH3 is 3. The van der Waals surface area contributed by atoms with Gasteiger partial charge in [0.15, 0.2) is 29.3 Å². The van der Waals surface area contributed by atoms with Gasteiger partial charge in [-0.3, -0.25) is 4.79 Å². The Morgan fingerprint density at radius 1 is 0.766 bits per heavy atom. The molecule has 0 spiro atoms. The van der Waals surface area contributed by atoms with E-state index in [0.29, 0.717) is 35.5 Å². The van der Waals surface area contributed by atoms with Crippen molar-refractivity contribution in [2.75, 3.05) is 47.8 Å². The number of benzene rings is 2. The molecule has 2 aromatic rings. The Morgan fingerprint density at radius 3 is 2.03 bits per heavy atom. The van der Waals surface area contributed by atoms with Crippen LogP contribution < -0.4 is 18.9 Å². The molecule has 0 bridgehead atoms. The van der Waals surface area contributed by atoms with Crippen molar-refractivity contribution in [2.45, 2.75) is 106 Å². The molecule has 4 heterocycles. The highest BCUT2D eigenvalue weighted by Crippen LogP contribution is 2.52. The van der Waals surface area contributed by atoms with Gasteiger partial charge < -0.3 is 93.3 Å². The third-order valence-electron chi connectivity index (χ3n) is 11.7. The largest absolute Gasteiger partial charge is 0.493 e. The zero-order chi connectivity index (χ0) is 46.4. The lowest BCUT2D eigenvalue weighted by molar-refractivity contribution is -0.327. The standard InChI is InChI=1S/C43H56O21/c1-5-21-22(25(40(54)57-4)18-59-41(21)64-43-37(53)35(51)33(49)30(17-46)62-43)14-31(47)58-10-6-7-19-11-23-24(15-44)38(63-39(23)28(12-19)56-3)20-8-9-26(27(13-20)55-2)60-42-36(52)34(50)32(48)29(16-45)61-42/h5,8-9,11-13,18,22,24,29-30,32-38,41-46,48-53H,6-7,10,14-17H2,1-4H3. The molecule has 2 aromatic carbocycles. The van der Waals surface area contributed by atoms with Crippen molar-refractivity contribution in [2.24, 2.45) is 5.92 Å². The summed E-state index contributed by atoms with van der Waals surface area (Å²) in [5.41, 5.74) is 2.31. The van der Waals surface area contributed by atoms with E-state index in [4.69, 9.17) is 47.4 Å². The number of esters is 2. The minimum Gasteiger partial charge on any atom is -0.493 e. The number of hydrogen-bond acceptors (Lipinski definition) is 21.